The second-order valence-electron chi connectivity index (χ2n) is 5.00. The molecule has 2 aliphatic rings. The molecule has 0 aromatic carbocycles. The molecule has 0 N–H and O–H groups in total. The first-order chi connectivity index (χ1) is 8.15. The first-order valence-electron chi connectivity index (χ1n) is 6.46. The summed E-state index contributed by atoms with van der Waals surface area (Å²) in [5, 5.41) is 8.29. The van der Waals surface area contributed by atoms with Crippen LogP contribution in [0.25, 0.3) is 0 Å². The van der Waals surface area contributed by atoms with Gasteiger partial charge in [0.05, 0.1) is 18.4 Å². The molecule has 0 heterocycles. The Kier molecular flexibility index (Phi) is 13.0. The van der Waals surface area contributed by atoms with Crippen molar-refractivity contribution in [3.05, 3.63) is 20.3 Å². The van der Waals surface area contributed by atoms with Gasteiger partial charge in [0.1, 0.15) is 5.92 Å². The van der Waals surface area contributed by atoms with Gasteiger partial charge in [0, 0.05) is 0 Å². The first-order valence-corrected chi connectivity index (χ1v) is 6.46. The van der Waals surface area contributed by atoms with Gasteiger partial charge in [0.2, 0.25) is 0 Å². The average molecular weight is 315 g/mol. The molecular formula is C15H24CoF2N. The minimum atomic E-state index is -1.30. The quantitative estimate of drug-likeness (QED) is 0.597. The topological polar surface area (TPSA) is 23.8 Å². The van der Waals surface area contributed by atoms with E-state index in [-0.39, 0.29) is 37.0 Å². The summed E-state index contributed by atoms with van der Waals surface area (Å²) in [7, 11) is 0. The van der Waals surface area contributed by atoms with Gasteiger partial charge in [0.25, 0.3) is 0 Å². The summed E-state index contributed by atoms with van der Waals surface area (Å²) in [5.41, 5.74) is 0. The monoisotopic (exact) mass is 315 g/mol. The molecule has 0 aromatic heterocycles. The maximum absolute atomic E-state index is 12.6. The van der Waals surface area contributed by atoms with E-state index in [0.29, 0.717) is 0 Å². The Morgan fingerprint density at radius 2 is 1.53 bits per heavy atom. The van der Waals surface area contributed by atoms with E-state index in [1.165, 1.54) is 25.7 Å². The molecule has 1 nitrogen and oxygen atoms in total. The molecule has 0 saturated heterocycles. The van der Waals surface area contributed by atoms with Gasteiger partial charge in [-0.1, -0.05) is 19.8 Å². The van der Waals surface area contributed by atoms with Gasteiger partial charge in [0.15, 0.2) is 0 Å². The Morgan fingerprint density at radius 1 is 1.05 bits per heavy atom. The summed E-state index contributed by atoms with van der Waals surface area (Å²) in [6.45, 7) is 2.34. The van der Waals surface area contributed by atoms with Crippen molar-refractivity contribution in [3.8, 4) is 6.07 Å². The van der Waals surface area contributed by atoms with E-state index in [4.69, 9.17) is 5.26 Å². The smallest absolute Gasteiger partial charge is 0.358 e. The van der Waals surface area contributed by atoms with Crippen molar-refractivity contribution in [2.45, 2.75) is 57.8 Å². The SMILES string of the molecule is CC1CC[CH-]CC1.N#CC1C(F)C[CH-]CC1F.[CH3-].[Co+3]. The van der Waals surface area contributed by atoms with Gasteiger partial charge < -0.3 is 20.3 Å². The van der Waals surface area contributed by atoms with Crippen molar-refractivity contribution in [1.29, 1.82) is 5.26 Å². The van der Waals surface area contributed by atoms with Crippen LogP contribution < -0.4 is 0 Å². The van der Waals surface area contributed by atoms with E-state index >= 15 is 0 Å². The van der Waals surface area contributed by atoms with E-state index in [0.717, 1.165) is 5.92 Å². The van der Waals surface area contributed by atoms with E-state index in [9.17, 15) is 8.78 Å². The molecule has 2 unspecified atom stereocenters. The summed E-state index contributed by atoms with van der Waals surface area (Å²) in [6, 6.07) is 1.63. The largest absolute Gasteiger partial charge is 3.00 e. The van der Waals surface area contributed by atoms with Gasteiger partial charge in [-0.2, -0.15) is 18.1 Å². The van der Waals surface area contributed by atoms with Crippen molar-refractivity contribution in [1.82, 2.24) is 0 Å². The van der Waals surface area contributed by atoms with Crippen LogP contribution in [0.2, 0.25) is 0 Å². The Labute approximate surface area is 127 Å². The van der Waals surface area contributed by atoms with E-state index < -0.39 is 18.3 Å². The van der Waals surface area contributed by atoms with Gasteiger partial charge in [-0.05, 0) is 5.92 Å². The number of nitriles is 1. The molecule has 19 heavy (non-hydrogen) atoms. The number of nitrogens with zero attached hydrogens (tertiary/aromatic N) is 1. The fraction of sp³-hybridized carbons (Fsp3) is 0.733. The predicted octanol–water partition coefficient (Wildman–Crippen LogP) is 4.65. The van der Waals surface area contributed by atoms with Crippen molar-refractivity contribution >= 4 is 0 Å². The average Bonchev–Trinajstić information content (AvgIpc) is 2.31. The third-order valence-corrected chi connectivity index (χ3v) is 3.44. The van der Waals surface area contributed by atoms with Crippen LogP contribution in [-0.4, -0.2) is 12.3 Å². The molecule has 2 fully saturated rings. The molecule has 112 valence electrons. The fourth-order valence-corrected chi connectivity index (χ4v) is 2.19. The zero-order valence-corrected chi connectivity index (χ0v) is 12.8. The van der Waals surface area contributed by atoms with Crippen LogP contribution in [0.15, 0.2) is 0 Å². The molecule has 0 aliphatic heterocycles. The maximum atomic E-state index is 12.6. The normalized spacial score (nSPS) is 30.7. The molecule has 2 atom stereocenters. The fourth-order valence-electron chi connectivity index (χ4n) is 2.19. The number of halogens is 2. The van der Waals surface area contributed by atoms with E-state index in [1.807, 2.05) is 0 Å². The van der Waals surface area contributed by atoms with E-state index in [1.54, 1.807) is 12.5 Å². The van der Waals surface area contributed by atoms with Crippen molar-refractivity contribution < 1.29 is 25.6 Å². The second kappa shape index (κ2) is 11.7. The molecule has 2 rings (SSSR count). The summed E-state index contributed by atoms with van der Waals surface area (Å²) in [4.78, 5) is 0. The third-order valence-electron chi connectivity index (χ3n) is 3.44. The molecule has 4 heteroatoms. The summed E-state index contributed by atoms with van der Waals surface area (Å²) < 4.78 is 25.2. The van der Waals surface area contributed by atoms with Gasteiger partial charge in [-0.25, -0.2) is 8.78 Å². The van der Waals surface area contributed by atoms with Crippen LogP contribution in [0, 0.1) is 43.4 Å². The third kappa shape index (κ3) is 7.89. The molecule has 0 amide bonds. The predicted molar refractivity (Wildman–Crippen MR) is 70.8 cm³/mol. The minimum Gasteiger partial charge on any atom is -0.358 e. The van der Waals surface area contributed by atoms with Crippen LogP contribution in [0.3, 0.4) is 0 Å². The van der Waals surface area contributed by atoms with Crippen molar-refractivity contribution in [2.24, 2.45) is 11.8 Å². The van der Waals surface area contributed by atoms with Crippen molar-refractivity contribution in [2.75, 3.05) is 0 Å². The summed E-state index contributed by atoms with van der Waals surface area (Å²) in [5.74, 6) is -0.0324. The molecule has 0 aromatic rings. The summed E-state index contributed by atoms with van der Waals surface area (Å²) in [6.07, 6.45) is 7.39. The van der Waals surface area contributed by atoms with Crippen molar-refractivity contribution in [3.63, 3.8) is 0 Å². The van der Waals surface area contributed by atoms with E-state index in [2.05, 4.69) is 13.3 Å². The van der Waals surface area contributed by atoms with Crippen LogP contribution >= 0.6 is 0 Å². The maximum Gasteiger partial charge on any atom is 3.00 e. The number of hydrogen-bond donors (Lipinski definition) is 0. The van der Waals surface area contributed by atoms with Crippen LogP contribution in [0.1, 0.15) is 45.4 Å². The Bertz CT molecular complexity index is 239. The van der Waals surface area contributed by atoms with Crippen LogP contribution in [0.4, 0.5) is 8.78 Å². The Hall–Kier alpha value is -0.144. The Morgan fingerprint density at radius 3 is 1.79 bits per heavy atom. The zero-order valence-electron chi connectivity index (χ0n) is 11.7. The number of rotatable bonds is 0. The summed E-state index contributed by atoms with van der Waals surface area (Å²) >= 11 is 0. The molecule has 0 bridgehead atoms. The number of alkyl halides is 2. The molecule has 2 aliphatic carbocycles. The zero-order chi connectivity index (χ0) is 12.7. The second-order valence-corrected chi connectivity index (χ2v) is 5.00. The molecule has 2 saturated carbocycles. The minimum absolute atomic E-state index is 0. The number of hydrogen-bond acceptors (Lipinski definition) is 1. The standard InChI is InChI=1S/C7H8F2N.C7H13.CH3.Co/c8-6-2-1-3-7(9)5(6)4-10;1-7-5-3-2-4-6-7;;/h1,5-7H,2-3H2;2,7H,3-6H2,1H3;1H3;/q3*-1;+3. The van der Waals surface area contributed by atoms with Crippen LogP contribution in [0.5, 0.6) is 0 Å². The molecular weight excluding hydrogens is 291 g/mol. The Balaban J connectivity index is 0. The first kappa shape index (κ1) is 21.2. The van der Waals surface area contributed by atoms with Crippen LogP contribution in [-0.2, 0) is 16.8 Å². The molecule has 0 spiro atoms. The molecule has 0 radical (unpaired) electrons. The van der Waals surface area contributed by atoms with Gasteiger partial charge in [-0.3, -0.25) is 0 Å². The van der Waals surface area contributed by atoms with Gasteiger partial charge in [-0.15, -0.1) is 12.8 Å². The van der Waals surface area contributed by atoms with Gasteiger partial charge >= 0.3 is 16.8 Å².